The maximum Gasteiger partial charge on any atom is 0.343 e. The molecule has 0 aliphatic heterocycles. The first-order chi connectivity index (χ1) is 14.9. The van der Waals surface area contributed by atoms with Crippen LogP contribution in [0.15, 0.2) is 77.9 Å². The second kappa shape index (κ2) is 10.1. The van der Waals surface area contributed by atoms with Crippen molar-refractivity contribution in [3.05, 3.63) is 94.8 Å². The molecular weight excluding hydrogens is 425 g/mol. The minimum Gasteiger partial charge on any atom is -0.423 e. The monoisotopic (exact) mass is 439 g/mol. The maximum atomic E-state index is 12.8. The van der Waals surface area contributed by atoms with E-state index in [1.165, 1.54) is 24.4 Å². The minimum absolute atomic E-state index is 0.272. The number of anilines is 1. The molecule has 0 heterocycles. The quantitative estimate of drug-likeness (QED) is 0.208. The zero-order valence-corrected chi connectivity index (χ0v) is 16.6. The molecule has 7 nitrogen and oxygen atoms in total. The van der Waals surface area contributed by atoms with Gasteiger partial charge in [0.2, 0.25) is 0 Å². The molecule has 0 fully saturated rings. The number of hydrazone groups is 1. The van der Waals surface area contributed by atoms with Crippen LogP contribution in [0.25, 0.3) is 0 Å². The maximum absolute atomic E-state index is 12.8. The van der Waals surface area contributed by atoms with E-state index in [1.807, 2.05) is 0 Å². The fourth-order valence-corrected chi connectivity index (χ4v) is 2.53. The van der Waals surface area contributed by atoms with E-state index in [-0.39, 0.29) is 5.69 Å². The Morgan fingerprint density at radius 2 is 1.65 bits per heavy atom. The molecular formula is C22H15ClFN3O4. The lowest BCUT2D eigenvalue weighted by Gasteiger charge is -2.05. The number of rotatable bonds is 5. The van der Waals surface area contributed by atoms with Crippen LogP contribution >= 0.6 is 11.6 Å². The van der Waals surface area contributed by atoms with Crippen molar-refractivity contribution in [3.8, 4) is 5.75 Å². The van der Waals surface area contributed by atoms with Crippen LogP contribution in [-0.4, -0.2) is 24.0 Å². The fraction of sp³-hybridized carbons (Fsp3) is 0. The number of benzene rings is 3. The summed E-state index contributed by atoms with van der Waals surface area (Å²) in [5.41, 5.74) is 3.26. The van der Waals surface area contributed by atoms with Gasteiger partial charge in [-0.25, -0.2) is 14.6 Å². The van der Waals surface area contributed by atoms with Crippen LogP contribution in [0.5, 0.6) is 5.75 Å². The van der Waals surface area contributed by atoms with E-state index in [9.17, 15) is 18.8 Å². The van der Waals surface area contributed by atoms with Gasteiger partial charge in [0.25, 0.3) is 0 Å². The summed E-state index contributed by atoms with van der Waals surface area (Å²) >= 11 is 5.86. The number of hydrogen-bond acceptors (Lipinski definition) is 5. The first-order valence-electron chi connectivity index (χ1n) is 8.88. The second-order valence-electron chi connectivity index (χ2n) is 6.13. The van der Waals surface area contributed by atoms with Gasteiger partial charge >= 0.3 is 17.8 Å². The van der Waals surface area contributed by atoms with Gasteiger partial charge in [-0.2, -0.15) is 5.10 Å². The van der Waals surface area contributed by atoms with Gasteiger partial charge in [-0.15, -0.1) is 0 Å². The molecule has 0 aliphatic rings. The molecule has 0 saturated carbocycles. The van der Waals surface area contributed by atoms with Gasteiger partial charge in [-0.1, -0.05) is 17.7 Å². The highest BCUT2D eigenvalue weighted by atomic mass is 35.5. The number of carbonyl (C=O) groups is 3. The van der Waals surface area contributed by atoms with Crippen LogP contribution < -0.4 is 15.5 Å². The fourth-order valence-electron chi connectivity index (χ4n) is 2.34. The lowest BCUT2D eigenvalue weighted by Crippen LogP contribution is -2.32. The predicted octanol–water partition coefficient (Wildman–Crippen LogP) is 3.79. The van der Waals surface area contributed by atoms with Crippen LogP contribution in [0.4, 0.5) is 10.1 Å². The molecule has 3 aromatic rings. The molecule has 156 valence electrons. The average molecular weight is 440 g/mol. The van der Waals surface area contributed by atoms with E-state index in [0.717, 1.165) is 12.1 Å². The predicted molar refractivity (Wildman–Crippen MR) is 114 cm³/mol. The van der Waals surface area contributed by atoms with Crippen molar-refractivity contribution in [2.45, 2.75) is 0 Å². The highest BCUT2D eigenvalue weighted by Gasteiger charge is 2.13. The molecule has 0 radical (unpaired) electrons. The van der Waals surface area contributed by atoms with E-state index in [4.69, 9.17) is 16.3 Å². The van der Waals surface area contributed by atoms with E-state index in [2.05, 4.69) is 15.8 Å². The smallest absolute Gasteiger partial charge is 0.343 e. The summed E-state index contributed by atoms with van der Waals surface area (Å²) in [6, 6.07) is 17.6. The Kier molecular flexibility index (Phi) is 7.08. The Morgan fingerprint density at radius 3 is 2.32 bits per heavy atom. The molecule has 0 atom stereocenters. The molecule has 3 aromatic carbocycles. The Labute approximate surface area is 181 Å². The molecule has 0 spiro atoms. The molecule has 2 N–H and O–H groups in total. The van der Waals surface area contributed by atoms with E-state index in [1.54, 1.807) is 42.5 Å². The number of nitrogens with one attached hydrogen (secondary N) is 2. The van der Waals surface area contributed by atoms with Crippen LogP contribution in [-0.2, 0) is 9.59 Å². The number of halogens is 2. The van der Waals surface area contributed by atoms with Gasteiger partial charge in [0.1, 0.15) is 11.6 Å². The zero-order valence-electron chi connectivity index (χ0n) is 15.8. The highest BCUT2D eigenvalue weighted by Crippen LogP contribution is 2.16. The molecule has 0 aromatic heterocycles. The summed E-state index contributed by atoms with van der Waals surface area (Å²) in [4.78, 5) is 35.6. The summed E-state index contributed by atoms with van der Waals surface area (Å²) < 4.78 is 18.1. The van der Waals surface area contributed by atoms with Crippen LogP contribution in [0, 0.1) is 5.82 Å². The van der Waals surface area contributed by atoms with Crippen LogP contribution in [0.2, 0.25) is 5.02 Å². The largest absolute Gasteiger partial charge is 0.423 e. The number of nitrogens with zero attached hydrogens (tertiary/aromatic N) is 1. The summed E-state index contributed by atoms with van der Waals surface area (Å²) in [5.74, 6) is -2.65. The summed E-state index contributed by atoms with van der Waals surface area (Å²) in [7, 11) is 0. The van der Waals surface area contributed by atoms with Crippen molar-refractivity contribution in [1.29, 1.82) is 0 Å². The van der Waals surface area contributed by atoms with Gasteiger partial charge in [0.05, 0.1) is 11.8 Å². The van der Waals surface area contributed by atoms with Crippen LogP contribution in [0.1, 0.15) is 15.9 Å². The average Bonchev–Trinajstić information content (AvgIpc) is 2.76. The third kappa shape index (κ3) is 6.48. The molecule has 3 rings (SSSR count). The molecule has 0 unspecified atom stereocenters. The minimum atomic E-state index is -0.993. The molecule has 31 heavy (non-hydrogen) atoms. The van der Waals surface area contributed by atoms with Crippen molar-refractivity contribution in [1.82, 2.24) is 5.43 Å². The van der Waals surface area contributed by atoms with E-state index >= 15 is 0 Å². The van der Waals surface area contributed by atoms with Crippen molar-refractivity contribution in [3.63, 3.8) is 0 Å². The zero-order chi connectivity index (χ0) is 22.2. The number of hydrogen-bond donors (Lipinski definition) is 2. The molecule has 9 heteroatoms. The van der Waals surface area contributed by atoms with E-state index < -0.39 is 23.6 Å². The van der Waals surface area contributed by atoms with E-state index in [0.29, 0.717) is 21.9 Å². The van der Waals surface area contributed by atoms with Crippen molar-refractivity contribution in [2.24, 2.45) is 5.10 Å². The second-order valence-corrected chi connectivity index (χ2v) is 6.57. The number of carbonyl (C=O) groups excluding carboxylic acids is 3. The van der Waals surface area contributed by atoms with Gasteiger partial charge in [0, 0.05) is 10.7 Å². The van der Waals surface area contributed by atoms with Gasteiger partial charge < -0.3 is 10.1 Å². The molecule has 0 aliphatic carbocycles. The molecule has 0 bridgehead atoms. The first-order valence-corrected chi connectivity index (χ1v) is 9.26. The first kappa shape index (κ1) is 21.7. The SMILES string of the molecule is O=C(N/N=C/c1ccc(OC(=O)c2cccc(Cl)c2)cc1)C(=O)Nc1ccc(F)cc1. The van der Waals surface area contributed by atoms with Crippen molar-refractivity contribution >= 4 is 41.3 Å². The third-order valence-electron chi connectivity index (χ3n) is 3.84. The topological polar surface area (TPSA) is 96.9 Å². The van der Waals surface area contributed by atoms with Crippen molar-refractivity contribution in [2.75, 3.05) is 5.32 Å². The molecule has 0 saturated heterocycles. The normalized spacial score (nSPS) is 10.5. The lowest BCUT2D eigenvalue weighted by molar-refractivity contribution is -0.136. The number of esters is 1. The number of ether oxygens (including phenoxy) is 1. The lowest BCUT2D eigenvalue weighted by atomic mass is 10.2. The summed E-state index contributed by atoms with van der Waals surface area (Å²) in [6.45, 7) is 0. The highest BCUT2D eigenvalue weighted by molar-refractivity contribution is 6.39. The Morgan fingerprint density at radius 1 is 0.935 bits per heavy atom. The number of amides is 2. The van der Waals surface area contributed by atoms with Crippen LogP contribution in [0.3, 0.4) is 0 Å². The molecule has 2 amide bonds. The van der Waals surface area contributed by atoms with Gasteiger partial charge in [0.15, 0.2) is 0 Å². The third-order valence-corrected chi connectivity index (χ3v) is 4.07. The summed E-state index contributed by atoms with van der Waals surface area (Å²) in [5, 5.41) is 6.44. The van der Waals surface area contributed by atoms with Crippen molar-refractivity contribution < 1.29 is 23.5 Å². The van der Waals surface area contributed by atoms with Gasteiger partial charge in [-0.05, 0) is 72.3 Å². The summed E-state index contributed by atoms with van der Waals surface area (Å²) in [6.07, 6.45) is 1.31. The Hall–Kier alpha value is -4.04. The Bertz CT molecular complexity index is 1130. The van der Waals surface area contributed by atoms with Gasteiger partial charge in [-0.3, -0.25) is 9.59 Å². The Balaban J connectivity index is 1.50. The standard InChI is InChI=1S/C22H15ClFN3O4/c23-16-3-1-2-15(12-16)22(30)31-19-10-4-14(5-11-19)13-25-27-21(29)20(28)26-18-8-6-17(24)7-9-18/h1-13H,(H,26,28)(H,27,29)/b25-13+.